The average molecular weight is 305 g/mol. The standard InChI is InChI=1S/C12H19NO8/c1-10(2)17-6-12(21-10)9(20-13(14)15)8-7(5-16-12)18-11(3,4)19-8/h7-9H,5-6H2,1-4H3/t7-,8-,9+,12+/m1/s1. The Morgan fingerprint density at radius 1 is 1.14 bits per heavy atom. The molecule has 3 aliphatic heterocycles. The van der Waals surface area contributed by atoms with Crippen LogP contribution in [0.5, 0.6) is 0 Å². The second kappa shape index (κ2) is 4.50. The van der Waals surface area contributed by atoms with Crippen molar-refractivity contribution in [1.82, 2.24) is 0 Å². The van der Waals surface area contributed by atoms with Crippen molar-refractivity contribution in [3.63, 3.8) is 0 Å². The van der Waals surface area contributed by atoms with Crippen LogP contribution in [0.4, 0.5) is 0 Å². The Labute approximate surface area is 121 Å². The van der Waals surface area contributed by atoms with E-state index < -0.39 is 40.8 Å². The SMILES string of the molecule is CC1(C)O[C@@H]2[C@@H](CO[C@]3(COC(C)(C)O3)[C@H]2O[N+](=O)[O-])O1. The summed E-state index contributed by atoms with van der Waals surface area (Å²) in [5, 5.41) is 9.98. The molecule has 0 bridgehead atoms. The third kappa shape index (κ3) is 2.59. The minimum Gasteiger partial charge on any atom is -0.345 e. The van der Waals surface area contributed by atoms with Crippen LogP contribution in [-0.4, -0.2) is 54.0 Å². The second-order valence-electron chi connectivity index (χ2n) is 6.30. The molecule has 9 nitrogen and oxygen atoms in total. The van der Waals surface area contributed by atoms with Crippen molar-refractivity contribution < 1.29 is 33.6 Å². The summed E-state index contributed by atoms with van der Waals surface area (Å²) in [5.74, 6) is -3.15. The van der Waals surface area contributed by atoms with Gasteiger partial charge in [0, 0.05) is 0 Å². The molecule has 0 aromatic heterocycles. The summed E-state index contributed by atoms with van der Waals surface area (Å²) < 4.78 is 28.4. The maximum Gasteiger partial charge on any atom is 0.295 e. The first-order valence-electron chi connectivity index (χ1n) is 6.77. The molecule has 0 radical (unpaired) electrons. The highest BCUT2D eigenvalue weighted by Gasteiger charge is 2.64. The molecule has 0 aromatic carbocycles. The van der Waals surface area contributed by atoms with Crippen LogP contribution >= 0.6 is 0 Å². The molecule has 21 heavy (non-hydrogen) atoms. The Morgan fingerprint density at radius 3 is 2.43 bits per heavy atom. The van der Waals surface area contributed by atoms with Gasteiger partial charge in [-0.2, -0.15) is 0 Å². The molecule has 3 aliphatic rings. The summed E-state index contributed by atoms with van der Waals surface area (Å²) in [6.07, 6.45) is -2.21. The zero-order valence-electron chi connectivity index (χ0n) is 12.4. The molecule has 0 amide bonds. The largest absolute Gasteiger partial charge is 0.345 e. The van der Waals surface area contributed by atoms with Crippen molar-refractivity contribution >= 4 is 0 Å². The highest BCUT2D eigenvalue weighted by molar-refractivity contribution is 5.01. The van der Waals surface area contributed by atoms with E-state index in [9.17, 15) is 10.1 Å². The minimum atomic E-state index is -1.37. The highest BCUT2D eigenvalue weighted by Crippen LogP contribution is 2.45. The second-order valence-corrected chi connectivity index (χ2v) is 6.30. The fraction of sp³-hybridized carbons (Fsp3) is 1.00. The number of nitrogens with zero attached hydrogens (tertiary/aromatic N) is 1. The van der Waals surface area contributed by atoms with Crippen LogP contribution in [-0.2, 0) is 28.5 Å². The van der Waals surface area contributed by atoms with Crippen LogP contribution in [0.1, 0.15) is 27.7 Å². The lowest BCUT2D eigenvalue weighted by atomic mass is 9.97. The lowest BCUT2D eigenvalue weighted by Crippen LogP contribution is -2.63. The van der Waals surface area contributed by atoms with Gasteiger partial charge in [-0.15, -0.1) is 10.1 Å². The third-order valence-corrected chi connectivity index (χ3v) is 3.68. The fourth-order valence-corrected chi connectivity index (χ4v) is 3.00. The Morgan fingerprint density at radius 2 is 1.86 bits per heavy atom. The first-order valence-corrected chi connectivity index (χ1v) is 6.77. The molecule has 3 fully saturated rings. The van der Waals surface area contributed by atoms with Crippen LogP contribution in [0.25, 0.3) is 0 Å². The van der Waals surface area contributed by atoms with Gasteiger partial charge in [0.2, 0.25) is 5.79 Å². The van der Waals surface area contributed by atoms with Gasteiger partial charge in [0.05, 0.1) is 6.61 Å². The van der Waals surface area contributed by atoms with E-state index in [4.69, 9.17) is 28.5 Å². The van der Waals surface area contributed by atoms with E-state index in [1.807, 2.05) is 0 Å². The summed E-state index contributed by atoms with van der Waals surface area (Å²) in [5.41, 5.74) is 0. The number of hydrogen-bond acceptors (Lipinski definition) is 8. The first-order chi connectivity index (χ1) is 9.63. The van der Waals surface area contributed by atoms with Crippen molar-refractivity contribution in [2.75, 3.05) is 13.2 Å². The third-order valence-electron chi connectivity index (χ3n) is 3.68. The van der Waals surface area contributed by atoms with Crippen molar-refractivity contribution in [3.8, 4) is 0 Å². The van der Waals surface area contributed by atoms with E-state index in [2.05, 4.69) is 0 Å². The summed E-state index contributed by atoms with van der Waals surface area (Å²) in [7, 11) is 0. The topological polar surface area (TPSA) is 98.5 Å². The summed E-state index contributed by atoms with van der Waals surface area (Å²) in [6, 6.07) is 0. The predicted octanol–water partition coefficient (Wildman–Crippen LogP) is 0.593. The molecule has 3 rings (SSSR count). The van der Waals surface area contributed by atoms with Gasteiger partial charge in [-0.05, 0) is 27.7 Å². The van der Waals surface area contributed by atoms with Gasteiger partial charge < -0.3 is 28.5 Å². The van der Waals surface area contributed by atoms with Crippen LogP contribution in [0.15, 0.2) is 0 Å². The lowest BCUT2D eigenvalue weighted by Gasteiger charge is -2.42. The van der Waals surface area contributed by atoms with Crippen molar-refractivity contribution in [1.29, 1.82) is 0 Å². The van der Waals surface area contributed by atoms with Crippen LogP contribution in [0.2, 0.25) is 0 Å². The smallest absolute Gasteiger partial charge is 0.295 e. The van der Waals surface area contributed by atoms with E-state index in [0.29, 0.717) is 0 Å². The maximum atomic E-state index is 10.9. The maximum absolute atomic E-state index is 10.9. The molecule has 0 aromatic rings. The Balaban J connectivity index is 1.90. The van der Waals surface area contributed by atoms with Crippen molar-refractivity contribution in [2.45, 2.75) is 63.4 Å². The van der Waals surface area contributed by atoms with Gasteiger partial charge >= 0.3 is 0 Å². The Kier molecular flexibility index (Phi) is 3.19. The Hall–Kier alpha value is -1.00. The normalized spacial score (nSPS) is 43.7. The van der Waals surface area contributed by atoms with Gasteiger partial charge in [-0.1, -0.05) is 0 Å². The molecule has 3 saturated heterocycles. The molecule has 120 valence electrons. The highest BCUT2D eigenvalue weighted by atomic mass is 17.0. The summed E-state index contributed by atoms with van der Waals surface area (Å²) in [4.78, 5) is 15.7. The van der Waals surface area contributed by atoms with Crippen LogP contribution in [0, 0.1) is 10.1 Å². The van der Waals surface area contributed by atoms with Crippen LogP contribution < -0.4 is 0 Å². The van der Waals surface area contributed by atoms with Gasteiger partial charge in [0.15, 0.2) is 17.7 Å². The van der Waals surface area contributed by atoms with Gasteiger partial charge in [0.25, 0.3) is 5.09 Å². The molecule has 0 aliphatic carbocycles. The molecule has 1 spiro atoms. The van der Waals surface area contributed by atoms with E-state index in [-0.39, 0.29) is 13.2 Å². The lowest BCUT2D eigenvalue weighted by molar-refractivity contribution is -0.779. The summed E-state index contributed by atoms with van der Waals surface area (Å²) >= 11 is 0. The van der Waals surface area contributed by atoms with E-state index >= 15 is 0 Å². The monoisotopic (exact) mass is 305 g/mol. The van der Waals surface area contributed by atoms with Gasteiger partial charge in [0.1, 0.15) is 18.8 Å². The van der Waals surface area contributed by atoms with Gasteiger partial charge in [-0.25, -0.2) is 0 Å². The molecular formula is C12H19NO8. The number of hydrogen-bond donors (Lipinski definition) is 0. The number of ether oxygens (including phenoxy) is 5. The van der Waals surface area contributed by atoms with E-state index in [1.54, 1.807) is 27.7 Å². The molecule has 3 heterocycles. The fourth-order valence-electron chi connectivity index (χ4n) is 3.00. The quantitative estimate of drug-likeness (QED) is 0.540. The zero-order chi connectivity index (χ0) is 15.5. The minimum absolute atomic E-state index is 0.0194. The molecule has 0 N–H and O–H groups in total. The average Bonchev–Trinajstić information content (AvgIpc) is 2.80. The molecule has 0 unspecified atom stereocenters. The molecule has 9 heteroatoms. The van der Waals surface area contributed by atoms with Gasteiger partial charge in [-0.3, -0.25) is 0 Å². The molecular weight excluding hydrogens is 286 g/mol. The van der Waals surface area contributed by atoms with E-state index in [0.717, 1.165) is 0 Å². The number of fused-ring (bicyclic) bond motifs is 1. The Bertz CT molecular complexity index is 451. The first kappa shape index (κ1) is 14.9. The summed E-state index contributed by atoms with van der Waals surface area (Å²) in [6.45, 7) is 7.08. The van der Waals surface area contributed by atoms with Crippen LogP contribution in [0.3, 0.4) is 0 Å². The number of rotatable bonds is 2. The molecule has 0 saturated carbocycles. The zero-order valence-corrected chi connectivity index (χ0v) is 12.4. The van der Waals surface area contributed by atoms with Crippen molar-refractivity contribution in [2.24, 2.45) is 0 Å². The predicted molar refractivity (Wildman–Crippen MR) is 65.5 cm³/mol. The molecule has 4 atom stereocenters. The van der Waals surface area contributed by atoms with E-state index in [1.165, 1.54) is 0 Å². The van der Waals surface area contributed by atoms with Crippen molar-refractivity contribution in [3.05, 3.63) is 10.1 Å².